The Hall–Kier alpha value is -4.39. The first-order chi connectivity index (χ1) is 17.1. The Bertz CT molecular complexity index is 1380. The summed E-state index contributed by atoms with van der Waals surface area (Å²) in [4.78, 5) is 35.0. The molecule has 7 heteroatoms. The van der Waals surface area contributed by atoms with Crippen LogP contribution in [0, 0.1) is 0 Å². The van der Waals surface area contributed by atoms with Gasteiger partial charge in [0.25, 0.3) is 5.91 Å². The molecule has 0 atom stereocenters. The van der Waals surface area contributed by atoms with Crippen molar-refractivity contribution < 1.29 is 23.9 Å². The number of carbonyl (C=O) groups excluding carboxylic acids is 3. The highest BCUT2D eigenvalue weighted by Crippen LogP contribution is 2.37. The number of rotatable bonds is 9. The number of esters is 1. The maximum Gasteiger partial charge on any atom is 0.343 e. The largest absolute Gasteiger partial charge is 0.480 e. The number of ether oxygens (including phenoxy) is 2. The molecule has 0 bridgehead atoms. The van der Waals surface area contributed by atoms with Gasteiger partial charge in [0.1, 0.15) is 11.3 Å². The van der Waals surface area contributed by atoms with Gasteiger partial charge in [-0.25, -0.2) is 4.79 Å². The maximum atomic E-state index is 12.1. The molecule has 7 nitrogen and oxygen atoms in total. The van der Waals surface area contributed by atoms with Crippen LogP contribution < -0.4 is 10.1 Å². The van der Waals surface area contributed by atoms with Gasteiger partial charge >= 0.3 is 5.97 Å². The zero-order valence-electron chi connectivity index (χ0n) is 19.6. The monoisotopic (exact) mass is 470 g/mol. The number of aldehydes is 1. The smallest absolute Gasteiger partial charge is 0.343 e. The predicted octanol–water partition coefficient (Wildman–Crippen LogP) is 4.45. The van der Waals surface area contributed by atoms with Gasteiger partial charge in [0.15, 0.2) is 6.61 Å². The van der Waals surface area contributed by atoms with Crippen molar-refractivity contribution in [1.29, 1.82) is 0 Å². The summed E-state index contributed by atoms with van der Waals surface area (Å²) in [6, 6.07) is 21.9. The van der Waals surface area contributed by atoms with Crippen molar-refractivity contribution in [3.8, 4) is 16.9 Å². The van der Waals surface area contributed by atoms with Gasteiger partial charge in [0.2, 0.25) is 6.29 Å². The SMILES string of the molecule is CCc1c(NC(=O)C=O)c2c(OCC(=O)OC)cccn2c1Cc1ccccc1-c1ccccc1. The van der Waals surface area contributed by atoms with Crippen LogP contribution in [-0.2, 0) is 32.0 Å². The summed E-state index contributed by atoms with van der Waals surface area (Å²) in [6.07, 6.45) is 3.31. The van der Waals surface area contributed by atoms with Gasteiger partial charge in [0, 0.05) is 18.3 Å². The molecule has 0 spiro atoms. The predicted molar refractivity (Wildman–Crippen MR) is 134 cm³/mol. The first-order valence-corrected chi connectivity index (χ1v) is 11.3. The topological polar surface area (TPSA) is 86.1 Å². The van der Waals surface area contributed by atoms with Crippen molar-refractivity contribution in [3.05, 3.63) is 89.7 Å². The number of hydrogen-bond acceptors (Lipinski definition) is 5. The molecule has 2 aromatic heterocycles. The van der Waals surface area contributed by atoms with Crippen molar-refractivity contribution in [3.63, 3.8) is 0 Å². The number of nitrogens with one attached hydrogen (secondary N) is 1. The summed E-state index contributed by atoms with van der Waals surface area (Å²) >= 11 is 0. The lowest BCUT2D eigenvalue weighted by Crippen LogP contribution is -2.15. The van der Waals surface area contributed by atoms with Crippen LogP contribution in [-0.4, -0.2) is 36.3 Å². The summed E-state index contributed by atoms with van der Waals surface area (Å²) in [5, 5.41) is 2.72. The number of benzene rings is 2. The minimum absolute atomic E-state index is 0.241. The summed E-state index contributed by atoms with van der Waals surface area (Å²) in [5.74, 6) is -0.882. The molecule has 0 aliphatic carbocycles. The fourth-order valence-electron chi connectivity index (χ4n) is 4.32. The number of hydrogen-bond donors (Lipinski definition) is 1. The Balaban J connectivity index is 1.88. The summed E-state index contributed by atoms with van der Waals surface area (Å²) in [6.45, 7) is 1.71. The zero-order valence-corrected chi connectivity index (χ0v) is 19.6. The molecule has 1 amide bonds. The van der Waals surface area contributed by atoms with Crippen LogP contribution in [0.15, 0.2) is 72.9 Å². The average Bonchev–Trinajstić information content (AvgIpc) is 3.20. The highest BCUT2D eigenvalue weighted by molar-refractivity contribution is 6.30. The number of pyridine rings is 1. The number of anilines is 1. The molecule has 2 aromatic carbocycles. The van der Waals surface area contributed by atoms with Crippen molar-refractivity contribution in [1.82, 2.24) is 4.40 Å². The number of carbonyl (C=O) groups is 3. The Labute approximate surface area is 203 Å². The van der Waals surface area contributed by atoms with Crippen LogP contribution in [0.2, 0.25) is 0 Å². The Morgan fingerprint density at radius 3 is 2.46 bits per heavy atom. The second-order valence-corrected chi connectivity index (χ2v) is 7.92. The normalized spacial score (nSPS) is 10.7. The Kier molecular flexibility index (Phi) is 7.26. The molecule has 0 saturated carbocycles. The second-order valence-electron chi connectivity index (χ2n) is 7.92. The minimum Gasteiger partial charge on any atom is -0.480 e. The van der Waals surface area contributed by atoms with E-state index in [1.54, 1.807) is 6.07 Å². The molecule has 0 aliphatic rings. The van der Waals surface area contributed by atoms with Crippen LogP contribution in [0.4, 0.5) is 5.69 Å². The average molecular weight is 471 g/mol. The van der Waals surface area contributed by atoms with Gasteiger partial charge < -0.3 is 19.2 Å². The minimum atomic E-state index is -0.758. The molecule has 0 saturated heterocycles. The lowest BCUT2D eigenvalue weighted by Gasteiger charge is -2.12. The van der Waals surface area contributed by atoms with E-state index < -0.39 is 11.9 Å². The summed E-state index contributed by atoms with van der Waals surface area (Å²) in [5.41, 5.74) is 6.25. The van der Waals surface area contributed by atoms with Gasteiger partial charge in [0.05, 0.1) is 12.8 Å². The van der Waals surface area contributed by atoms with Crippen LogP contribution >= 0.6 is 0 Å². The van der Waals surface area contributed by atoms with E-state index in [-0.39, 0.29) is 12.9 Å². The van der Waals surface area contributed by atoms with Crippen molar-refractivity contribution in [2.24, 2.45) is 0 Å². The third kappa shape index (κ3) is 4.94. The standard InChI is InChI=1S/C28H26N2O5/c1-3-21-23(16-20-12-7-8-13-22(20)19-10-5-4-6-11-19)30-15-9-14-24(35-18-26(33)34-2)28(30)27(21)29-25(32)17-31/h4-15,17H,3,16,18H2,1-2H3,(H,29,32). The van der Waals surface area contributed by atoms with E-state index in [1.807, 2.05) is 53.9 Å². The van der Waals surface area contributed by atoms with Gasteiger partial charge in [-0.1, -0.05) is 61.5 Å². The molecular weight excluding hydrogens is 444 g/mol. The van der Waals surface area contributed by atoms with Gasteiger partial charge in [-0.2, -0.15) is 0 Å². The molecule has 35 heavy (non-hydrogen) atoms. The van der Waals surface area contributed by atoms with Crippen LogP contribution in [0.25, 0.3) is 16.6 Å². The molecule has 0 radical (unpaired) electrons. The number of fused-ring (bicyclic) bond motifs is 1. The first kappa shape index (κ1) is 23.8. The van der Waals surface area contributed by atoms with Crippen LogP contribution in [0.5, 0.6) is 5.75 Å². The van der Waals surface area contributed by atoms with Crippen molar-refractivity contribution in [2.45, 2.75) is 19.8 Å². The summed E-state index contributed by atoms with van der Waals surface area (Å²) in [7, 11) is 1.29. The Morgan fingerprint density at radius 1 is 1.00 bits per heavy atom. The Morgan fingerprint density at radius 2 is 1.74 bits per heavy atom. The van der Waals surface area contributed by atoms with Crippen molar-refractivity contribution in [2.75, 3.05) is 19.0 Å². The molecule has 0 fully saturated rings. The van der Waals surface area contributed by atoms with E-state index >= 15 is 0 Å². The molecule has 0 unspecified atom stereocenters. The van der Waals surface area contributed by atoms with E-state index in [9.17, 15) is 14.4 Å². The molecule has 178 valence electrons. The van der Waals surface area contributed by atoms with E-state index in [4.69, 9.17) is 9.47 Å². The van der Waals surface area contributed by atoms with Crippen molar-refractivity contribution >= 4 is 29.4 Å². The van der Waals surface area contributed by atoms with E-state index in [2.05, 4.69) is 29.6 Å². The second kappa shape index (κ2) is 10.7. The number of methoxy groups -OCH3 is 1. The lowest BCUT2D eigenvalue weighted by molar-refractivity contribution is -0.142. The molecule has 0 aliphatic heterocycles. The molecule has 1 N–H and O–H groups in total. The number of amides is 1. The highest BCUT2D eigenvalue weighted by Gasteiger charge is 2.23. The van der Waals surface area contributed by atoms with E-state index in [0.29, 0.717) is 29.8 Å². The molecular formula is C28H26N2O5. The molecule has 4 aromatic rings. The third-order valence-corrected chi connectivity index (χ3v) is 5.88. The number of nitrogens with zero attached hydrogens (tertiary/aromatic N) is 1. The highest BCUT2D eigenvalue weighted by atomic mass is 16.6. The quantitative estimate of drug-likeness (QED) is 0.222. The van der Waals surface area contributed by atoms with Gasteiger partial charge in [-0.15, -0.1) is 0 Å². The van der Waals surface area contributed by atoms with Gasteiger partial charge in [-0.05, 0) is 40.8 Å². The lowest BCUT2D eigenvalue weighted by atomic mass is 9.95. The fraction of sp³-hybridized carbons (Fsp3) is 0.179. The number of aromatic nitrogens is 1. The van der Waals surface area contributed by atoms with Crippen LogP contribution in [0.3, 0.4) is 0 Å². The first-order valence-electron chi connectivity index (χ1n) is 11.3. The maximum absolute atomic E-state index is 12.1. The third-order valence-electron chi connectivity index (χ3n) is 5.88. The fourth-order valence-corrected chi connectivity index (χ4v) is 4.32. The van der Waals surface area contributed by atoms with Crippen LogP contribution in [0.1, 0.15) is 23.7 Å². The van der Waals surface area contributed by atoms with E-state index in [0.717, 1.165) is 27.9 Å². The summed E-state index contributed by atoms with van der Waals surface area (Å²) < 4.78 is 12.4. The van der Waals surface area contributed by atoms with Gasteiger partial charge in [-0.3, -0.25) is 9.59 Å². The molecule has 4 rings (SSSR count). The zero-order chi connectivity index (χ0) is 24.8. The molecule has 2 heterocycles. The van der Waals surface area contributed by atoms with E-state index in [1.165, 1.54) is 7.11 Å².